The Bertz CT molecular complexity index is 21.9. The molecule has 17 heteroatoms. The summed E-state index contributed by atoms with van der Waals surface area (Å²) in [5.41, 5.74) is 0. The summed E-state index contributed by atoms with van der Waals surface area (Å²) in [4.78, 5) is 0. The summed E-state index contributed by atoms with van der Waals surface area (Å²) in [6.45, 7) is 0. The molecule has 0 aliphatic rings. The summed E-state index contributed by atoms with van der Waals surface area (Å²) < 4.78 is 0. The summed E-state index contributed by atoms with van der Waals surface area (Å²) in [5.74, 6) is 0. The fraction of sp³-hybridized carbons (Fsp3) is 0. The first-order chi connectivity index (χ1) is 0. The van der Waals surface area contributed by atoms with Crippen molar-refractivity contribution in [1.29, 1.82) is 0 Å². The molecule has 0 N–H and O–H groups in total. The van der Waals surface area contributed by atoms with E-state index in [1.807, 2.05) is 0 Å². The maximum Gasteiger partial charge on any atom is 0 e. The fourth-order valence-corrected chi connectivity index (χ4v) is 0. The molecular weight excluding hydrogens is 781 g/mol. The average molecular weight is 781 g/mol. The van der Waals surface area contributed by atoms with Gasteiger partial charge in [0.05, 0.1) is 0 Å². The molecule has 0 amide bonds. The van der Waals surface area contributed by atoms with Crippen molar-refractivity contribution in [3.63, 3.8) is 0 Å². The van der Waals surface area contributed by atoms with Crippen LogP contribution in [0.5, 0.6) is 0 Å². The molecule has 3 radical (unpaired) electrons. The second-order valence-electron chi connectivity index (χ2n) is 0. The Morgan fingerprint density at radius 3 is 0.176 bits per heavy atom. The van der Waals surface area contributed by atoms with Gasteiger partial charge in [-0.3, -0.25) is 0 Å². The Morgan fingerprint density at radius 2 is 0.176 bits per heavy atom. The van der Waals surface area contributed by atoms with Crippen molar-refractivity contribution in [2.45, 2.75) is 0 Å². The molecule has 0 aromatic heterocycles. The van der Waals surface area contributed by atoms with Crippen molar-refractivity contribution >= 4 is 109 Å². The van der Waals surface area contributed by atoms with Gasteiger partial charge in [0, 0.05) is 119 Å². The van der Waals surface area contributed by atoms with Crippen LogP contribution in [-0.2, 0) is 119 Å². The summed E-state index contributed by atoms with van der Waals surface area (Å²) in [5, 5.41) is 0. The Kier molecular flexibility index (Phi) is 2310. The van der Waals surface area contributed by atoms with Crippen molar-refractivity contribution in [3.05, 3.63) is 0 Å². The van der Waals surface area contributed by atoms with Gasteiger partial charge in [0.1, 0.15) is 0 Å². The second kappa shape index (κ2) is 186. The molecule has 121 valence electrons. The molecule has 0 rings (SSSR count). The Labute approximate surface area is 224 Å². The fourth-order valence-electron chi connectivity index (χ4n) is 0. The monoisotopic (exact) mass is 787 g/mol. The van der Waals surface area contributed by atoms with Crippen LogP contribution in [0.25, 0.3) is 0 Å². The maximum absolute atomic E-state index is 0. The molecule has 0 unspecified atom stereocenters. The van der Waals surface area contributed by atoms with Crippen LogP contribution in [0.4, 0.5) is 0 Å². The van der Waals surface area contributed by atoms with Crippen LogP contribution in [0.15, 0.2) is 0 Å². The molecule has 0 aromatic carbocycles. The van der Waals surface area contributed by atoms with Crippen molar-refractivity contribution in [1.82, 2.24) is 0 Å². The minimum absolute atomic E-state index is 0. The minimum Gasteiger partial charge on any atom is -3.00 e. The van der Waals surface area contributed by atoms with E-state index in [-0.39, 0.29) is 228 Å². The molecule has 0 fully saturated rings. The predicted molar refractivity (Wildman–Crippen MR) is 76.1 cm³/mol. The molecule has 0 saturated carbocycles. The van der Waals surface area contributed by atoms with E-state index in [1.54, 1.807) is 0 Å². The molecule has 0 aliphatic heterocycles. The third kappa shape index (κ3) is 171. The zero-order valence-electron chi connectivity index (χ0n) is 7.49. The summed E-state index contributed by atoms with van der Waals surface area (Å²) in [7, 11) is 0. The van der Waals surface area contributed by atoms with Crippen LogP contribution < -0.4 is 0 Å². The SMILES string of the molecule is [Mo].[Mo].[Mo].[P-3].[P-3].[P-3].[P-3].[P-3].[P-3].[P-3].[P-3].[P-3].[P-3].[P-3].[V].[V].[V]. The van der Waals surface area contributed by atoms with Crippen molar-refractivity contribution < 1.29 is 119 Å². The van der Waals surface area contributed by atoms with Crippen LogP contribution in [-0.4, -0.2) is 0 Å². The van der Waals surface area contributed by atoms with E-state index in [2.05, 4.69) is 0 Å². The Morgan fingerprint density at radius 1 is 0.176 bits per heavy atom. The molecule has 0 spiro atoms. The average Bonchev–Trinajstić information content (AvgIpc) is 0. The quantitative estimate of drug-likeness (QED) is 0.170. The van der Waals surface area contributed by atoms with Gasteiger partial charge in [0.25, 0.3) is 0 Å². The van der Waals surface area contributed by atoms with Crippen molar-refractivity contribution in [3.8, 4) is 0 Å². The van der Waals surface area contributed by atoms with Gasteiger partial charge in [-0.15, -0.1) is 0 Å². The van der Waals surface area contributed by atoms with Crippen LogP contribution in [0.1, 0.15) is 0 Å². The second-order valence-corrected chi connectivity index (χ2v) is 0. The zero-order chi connectivity index (χ0) is 0. The standard InChI is InChI=1S/3Mo.11P.3V/q;;;11*-3;;;. The number of rotatable bonds is 0. The van der Waals surface area contributed by atoms with E-state index in [0.717, 1.165) is 0 Å². The first kappa shape index (κ1) is 211. The van der Waals surface area contributed by atoms with E-state index in [4.69, 9.17) is 0 Å². The summed E-state index contributed by atoms with van der Waals surface area (Å²) in [6.07, 6.45) is 0. The zero-order valence-corrected chi connectivity index (χ0v) is 27.5. The van der Waals surface area contributed by atoms with Crippen LogP contribution >= 0.6 is 109 Å². The molecule has 0 aromatic rings. The molecule has 0 nitrogen and oxygen atoms in total. The summed E-state index contributed by atoms with van der Waals surface area (Å²) >= 11 is 0. The van der Waals surface area contributed by atoms with Crippen LogP contribution in [0, 0.1) is 0 Å². The van der Waals surface area contributed by atoms with Gasteiger partial charge < -0.3 is 109 Å². The Hall–Kier alpha value is 8.55. The minimum atomic E-state index is 0. The van der Waals surface area contributed by atoms with Crippen molar-refractivity contribution in [2.24, 2.45) is 0 Å². The van der Waals surface area contributed by atoms with E-state index in [0.29, 0.717) is 0 Å². The molecule has 0 saturated heterocycles. The molecule has 0 atom stereocenters. The molecule has 0 heterocycles. The van der Waals surface area contributed by atoms with E-state index in [9.17, 15) is 0 Å². The van der Waals surface area contributed by atoms with E-state index >= 15 is 0 Å². The number of hydrogen-bond acceptors (Lipinski definition) is 0. The topological polar surface area (TPSA) is 0 Å². The van der Waals surface area contributed by atoms with E-state index < -0.39 is 0 Å². The third-order valence-electron chi connectivity index (χ3n) is 0. The molecule has 17 heavy (non-hydrogen) atoms. The Balaban J connectivity index is 0. The van der Waals surface area contributed by atoms with Gasteiger partial charge in [-0.05, 0) is 0 Å². The maximum atomic E-state index is 0. The van der Waals surface area contributed by atoms with Gasteiger partial charge in [-0.25, -0.2) is 0 Å². The first-order valence-electron chi connectivity index (χ1n) is 0. The third-order valence-corrected chi connectivity index (χ3v) is 0. The van der Waals surface area contributed by atoms with E-state index in [1.165, 1.54) is 0 Å². The smallest absolute Gasteiger partial charge is 0 e. The normalized spacial score (nSPS) is 0. The molecule has 0 aliphatic carbocycles. The van der Waals surface area contributed by atoms with Crippen molar-refractivity contribution in [2.75, 3.05) is 0 Å². The number of hydrogen-bond donors (Lipinski definition) is 0. The molecular formula is Mo3P11V3-33. The summed E-state index contributed by atoms with van der Waals surface area (Å²) in [6, 6.07) is 0. The van der Waals surface area contributed by atoms with Gasteiger partial charge in [-0.2, -0.15) is 0 Å². The van der Waals surface area contributed by atoms with Crippen LogP contribution in [0.3, 0.4) is 0 Å². The predicted octanol–water partition coefficient (Wildman–Crippen LogP) is 9.46. The van der Waals surface area contributed by atoms with Gasteiger partial charge >= 0.3 is 0 Å². The van der Waals surface area contributed by atoms with Gasteiger partial charge in [0.2, 0.25) is 0 Å². The van der Waals surface area contributed by atoms with Gasteiger partial charge in [0.15, 0.2) is 0 Å². The molecule has 0 bridgehead atoms. The van der Waals surface area contributed by atoms with Gasteiger partial charge in [-0.1, -0.05) is 0 Å². The first-order valence-corrected chi connectivity index (χ1v) is 0. The van der Waals surface area contributed by atoms with Crippen LogP contribution in [0.2, 0.25) is 0 Å². The largest absolute Gasteiger partial charge is 3.00 e.